The molecule has 0 saturated heterocycles. The molecule has 1 heterocycles. The summed E-state index contributed by atoms with van der Waals surface area (Å²) >= 11 is 0. The summed E-state index contributed by atoms with van der Waals surface area (Å²) in [5, 5.41) is 9.35. The lowest BCUT2D eigenvalue weighted by Crippen LogP contribution is -2.40. The first-order valence-corrected chi connectivity index (χ1v) is 7.81. The number of rotatable bonds is 5. The number of methoxy groups -OCH3 is 1. The number of hydrogen-bond acceptors (Lipinski definition) is 5. The fourth-order valence-corrected chi connectivity index (χ4v) is 2.61. The van der Waals surface area contributed by atoms with Gasteiger partial charge in [-0.2, -0.15) is 0 Å². The van der Waals surface area contributed by atoms with E-state index in [4.69, 9.17) is 4.74 Å². The van der Waals surface area contributed by atoms with Crippen LogP contribution >= 0.6 is 0 Å². The van der Waals surface area contributed by atoms with E-state index in [1.165, 1.54) is 43.5 Å². The summed E-state index contributed by atoms with van der Waals surface area (Å²) in [6.07, 6.45) is 0. The summed E-state index contributed by atoms with van der Waals surface area (Å²) in [5.41, 5.74) is -3.05. The Morgan fingerprint density at radius 2 is 1.63 bits per heavy atom. The first-order valence-electron chi connectivity index (χ1n) is 7.81. The number of aromatic carboxylic acids is 1. The Morgan fingerprint density at radius 1 is 1.00 bits per heavy atom. The number of carbonyl (C=O) groups is 2. The van der Waals surface area contributed by atoms with E-state index in [2.05, 4.69) is 4.98 Å². The van der Waals surface area contributed by atoms with Gasteiger partial charge in [-0.1, -0.05) is 30.3 Å². The van der Waals surface area contributed by atoms with Crippen molar-refractivity contribution in [2.24, 2.45) is 0 Å². The normalized spacial score (nSPS) is 10.4. The van der Waals surface area contributed by atoms with Crippen molar-refractivity contribution in [3.05, 3.63) is 92.3 Å². The molecular weight excluding hydrogens is 352 g/mol. The van der Waals surface area contributed by atoms with Gasteiger partial charge in [0, 0.05) is 5.56 Å². The summed E-state index contributed by atoms with van der Waals surface area (Å²) in [6, 6.07) is 13.7. The number of nitrogens with zero attached hydrogens (tertiary/aromatic N) is 1. The van der Waals surface area contributed by atoms with Crippen molar-refractivity contribution in [3.8, 4) is 11.4 Å². The summed E-state index contributed by atoms with van der Waals surface area (Å²) in [7, 11) is 1.46. The highest BCUT2D eigenvalue weighted by molar-refractivity contribution is 6.13. The highest BCUT2D eigenvalue weighted by Gasteiger charge is 2.26. The van der Waals surface area contributed by atoms with Crippen LogP contribution < -0.4 is 16.0 Å². The van der Waals surface area contributed by atoms with Crippen molar-refractivity contribution < 1.29 is 19.4 Å². The van der Waals surface area contributed by atoms with Crippen LogP contribution in [0.1, 0.15) is 26.4 Å². The van der Waals surface area contributed by atoms with Gasteiger partial charge in [-0.05, 0) is 24.3 Å². The van der Waals surface area contributed by atoms with E-state index in [9.17, 15) is 24.3 Å². The lowest BCUT2D eigenvalue weighted by atomic mass is 10.0. The third kappa shape index (κ3) is 3.28. The number of ketones is 1. The smallest absolute Gasteiger partial charge is 0.353 e. The van der Waals surface area contributed by atoms with E-state index in [-0.39, 0.29) is 11.3 Å². The second-order valence-electron chi connectivity index (χ2n) is 5.52. The minimum Gasteiger partial charge on any atom is -0.497 e. The van der Waals surface area contributed by atoms with Gasteiger partial charge in [0.2, 0.25) is 5.78 Å². The maximum Gasteiger partial charge on any atom is 0.353 e. The molecule has 2 aromatic carbocycles. The summed E-state index contributed by atoms with van der Waals surface area (Å²) in [4.78, 5) is 51.6. The number of ether oxygens (including phenoxy) is 1. The number of hydrogen-bond donors (Lipinski definition) is 2. The van der Waals surface area contributed by atoms with Gasteiger partial charge in [0.15, 0.2) is 0 Å². The monoisotopic (exact) mass is 366 g/mol. The first-order chi connectivity index (χ1) is 12.9. The molecule has 0 saturated carbocycles. The van der Waals surface area contributed by atoms with Crippen LogP contribution in [0.5, 0.6) is 5.75 Å². The van der Waals surface area contributed by atoms with E-state index in [1.54, 1.807) is 18.2 Å². The predicted octanol–water partition coefficient (Wildman–Crippen LogP) is 1.46. The van der Waals surface area contributed by atoms with E-state index >= 15 is 0 Å². The summed E-state index contributed by atoms with van der Waals surface area (Å²) in [5.74, 6) is -1.87. The van der Waals surface area contributed by atoms with Gasteiger partial charge in [0.05, 0.1) is 12.8 Å². The molecule has 0 spiro atoms. The Hall–Kier alpha value is -3.94. The zero-order valence-electron chi connectivity index (χ0n) is 14.1. The van der Waals surface area contributed by atoms with Crippen molar-refractivity contribution >= 4 is 11.8 Å². The minimum atomic E-state index is -1.58. The van der Waals surface area contributed by atoms with Crippen LogP contribution in [0.3, 0.4) is 0 Å². The predicted molar refractivity (Wildman–Crippen MR) is 96.0 cm³/mol. The number of carboxylic acids is 1. The maximum absolute atomic E-state index is 12.9. The van der Waals surface area contributed by atoms with Gasteiger partial charge in [-0.25, -0.2) is 14.2 Å². The Balaban J connectivity index is 2.28. The fraction of sp³-hybridized carbons (Fsp3) is 0.0526. The molecule has 0 radical (unpaired) electrons. The van der Waals surface area contributed by atoms with Crippen LogP contribution in [0, 0.1) is 0 Å². The van der Waals surface area contributed by atoms with Gasteiger partial charge in [0.25, 0.3) is 5.56 Å². The third-order valence-corrected chi connectivity index (χ3v) is 3.91. The van der Waals surface area contributed by atoms with E-state index < -0.39 is 34.3 Å². The molecule has 1 aromatic heterocycles. The number of nitrogens with one attached hydrogen (secondary N) is 1. The van der Waals surface area contributed by atoms with Gasteiger partial charge in [0.1, 0.15) is 17.0 Å². The molecular formula is C19H14N2O6. The van der Waals surface area contributed by atoms with Crippen LogP contribution in [0.15, 0.2) is 64.2 Å². The highest BCUT2D eigenvalue weighted by atomic mass is 16.5. The minimum absolute atomic E-state index is 0.130. The second kappa shape index (κ2) is 7.12. The molecule has 0 atom stereocenters. The topological polar surface area (TPSA) is 118 Å². The Kier molecular flexibility index (Phi) is 4.71. The van der Waals surface area contributed by atoms with Gasteiger partial charge >= 0.3 is 11.7 Å². The van der Waals surface area contributed by atoms with Crippen molar-refractivity contribution in [3.63, 3.8) is 0 Å². The number of aromatic amines is 1. The molecule has 2 N–H and O–H groups in total. The van der Waals surface area contributed by atoms with Crippen LogP contribution in [0.2, 0.25) is 0 Å². The van der Waals surface area contributed by atoms with E-state index in [0.717, 1.165) is 0 Å². The SMILES string of the molecule is COc1ccc(-n2c(=O)[nH]c(C(=O)O)c(C(=O)c3ccccc3)c2=O)cc1. The largest absolute Gasteiger partial charge is 0.497 e. The molecule has 8 nitrogen and oxygen atoms in total. The standard InChI is InChI=1S/C19H14N2O6/c1-27-13-9-7-12(8-10-13)21-17(23)14(15(18(24)25)20-19(21)26)16(22)11-5-3-2-4-6-11/h2-10H,1H3,(H,20,26)(H,24,25). The molecule has 0 unspecified atom stereocenters. The molecule has 136 valence electrons. The molecule has 0 aliphatic carbocycles. The number of benzene rings is 2. The van der Waals surface area contributed by atoms with Gasteiger partial charge in [-0.3, -0.25) is 9.59 Å². The molecule has 0 bridgehead atoms. The number of carboxylic acid groups (broad SMARTS) is 1. The molecule has 0 aliphatic rings. The highest BCUT2D eigenvalue weighted by Crippen LogP contribution is 2.14. The van der Waals surface area contributed by atoms with Gasteiger partial charge < -0.3 is 14.8 Å². The molecule has 3 rings (SSSR count). The first kappa shape index (κ1) is 17.9. The lowest BCUT2D eigenvalue weighted by molar-refractivity contribution is 0.0685. The number of aromatic nitrogens is 2. The van der Waals surface area contributed by atoms with Gasteiger partial charge in [-0.15, -0.1) is 0 Å². The lowest BCUT2D eigenvalue weighted by Gasteiger charge is -2.10. The zero-order chi connectivity index (χ0) is 19.6. The summed E-state index contributed by atoms with van der Waals surface area (Å²) < 4.78 is 5.74. The Labute approximate surface area is 152 Å². The van der Waals surface area contributed by atoms with Crippen molar-refractivity contribution in [1.29, 1.82) is 0 Å². The molecule has 27 heavy (non-hydrogen) atoms. The quantitative estimate of drug-likeness (QED) is 0.660. The van der Waals surface area contributed by atoms with Crippen LogP contribution in [0.4, 0.5) is 0 Å². The molecule has 0 fully saturated rings. The average molecular weight is 366 g/mol. The Morgan fingerprint density at radius 3 is 2.19 bits per heavy atom. The fourth-order valence-electron chi connectivity index (χ4n) is 2.61. The van der Waals surface area contributed by atoms with E-state index in [0.29, 0.717) is 10.3 Å². The molecule has 3 aromatic rings. The second-order valence-corrected chi connectivity index (χ2v) is 5.52. The van der Waals surface area contributed by atoms with Crippen molar-refractivity contribution in [1.82, 2.24) is 9.55 Å². The summed E-state index contributed by atoms with van der Waals surface area (Å²) in [6.45, 7) is 0. The molecule has 0 aliphatic heterocycles. The number of carbonyl (C=O) groups excluding carboxylic acids is 1. The molecule has 0 amide bonds. The van der Waals surface area contributed by atoms with Crippen LogP contribution in [-0.2, 0) is 0 Å². The average Bonchev–Trinajstić information content (AvgIpc) is 2.68. The maximum atomic E-state index is 12.9. The zero-order valence-corrected chi connectivity index (χ0v) is 14.1. The number of H-pyrrole nitrogens is 1. The Bertz CT molecular complexity index is 1130. The third-order valence-electron chi connectivity index (χ3n) is 3.91. The van der Waals surface area contributed by atoms with Crippen LogP contribution in [0.25, 0.3) is 5.69 Å². The van der Waals surface area contributed by atoms with Crippen molar-refractivity contribution in [2.75, 3.05) is 7.11 Å². The van der Waals surface area contributed by atoms with Crippen LogP contribution in [-0.4, -0.2) is 33.5 Å². The molecule has 8 heteroatoms. The van der Waals surface area contributed by atoms with E-state index in [1.807, 2.05) is 0 Å². The van der Waals surface area contributed by atoms with Crippen molar-refractivity contribution in [2.45, 2.75) is 0 Å².